The first-order valence-electron chi connectivity index (χ1n) is 5.70. The van der Waals surface area contributed by atoms with Gasteiger partial charge in [0.05, 0.1) is 0 Å². The maximum absolute atomic E-state index is 13.4. The predicted octanol–water partition coefficient (Wildman–Crippen LogP) is 3.32. The molecule has 0 saturated heterocycles. The van der Waals surface area contributed by atoms with Crippen molar-refractivity contribution in [2.45, 2.75) is 32.6 Å². The summed E-state index contributed by atoms with van der Waals surface area (Å²) in [4.78, 5) is 0. The van der Waals surface area contributed by atoms with E-state index in [1.54, 1.807) is 6.07 Å². The minimum Gasteiger partial charge on any atom is -0.317 e. The van der Waals surface area contributed by atoms with Gasteiger partial charge in [-0.2, -0.15) is 0 Å². The molecule has 0 aromatic heterocycles. The maximum Gasteiger partial charge on any atom is 0.126 e. The summed E-state index contributed by atoms with van der Waals surface area (Å²) >= 11 is 0. The topological polar surface area (TPSA) is 12.0 Å². The van der Waals surface area contributed by atoms with Gasteiger partial charge in [0, 0.05) is 0 Å². The van der Waals surface area contributed by atoms with Crippen molar-refractivity contribution in [3.8, 4) is 0 Å². The van der Waals surface area contributed by atoms with Gasteiger partial charge < -0.3 is 5.32 Å². The summed E-state index contributed by atoms with van der Waals surface area (Å²) < 4.78 is 13.4. The summed E-state index contributed by atoms with van der Waals surface area (Å²) in [7, 11) is 0. The highest BCUT2D eigenvalue weighted by Gasteiger charge is 2.09. The Bertz CT molecular complexity index is 286. The predicted molar refractivity (Wildman–Crippen MR) is 62.6 cm³/mol. The number of nitrogens with one attached hydrogen (secondary N) is 1. The van der Waals surface area contributed by atoms with Crippen LogP contribution in [0.25, 0.3) is 0 Å². The number of halogens is 1. The average molecular weight is 209 g/mol. The minimum absolute atomic E-state index is 0.0829. The molecule has 2 heteroatoms. The Morgan fingerprint density at radius 2 is 2.00 bits per heavy atom. The molecule has 1 rings (SSSR count). The van der Waals surface area contributed by atoms with E-state index in [0.717, 1.165) is 31.5 Å². The van der Waals surface area contributed by atoms with Crippen LogP contribution in [0.2, 0.25) is 0 Å². The van der Waals surface area contributed by atoms with Crippen molar-refractivity contribution >= 4 is 0 Å². The highest BCUT2D eigenvalue weighted by atomic mass is 19.1. The summed E-state index contributed by atoms with van der Waals surface area (Å²) in [6.45, 7) is 6.23. The van der Waals surface area contributed by atoms with E-state index in [-0.39, 0.29) is 11.7 Å². The molecule has 0 radical (unpaired) electrons. The maximum atomic E-state index is 13.4. The molecule has 1 aromatic carbocycles. The van der Waals surface area contributed by atoms with E-state index in [9.17, 15) is 4.39 Å². The Hall–Kier alpha value is -0.890. The fraction of sp³-hybridized carbons (Fsp3) is 0.538. The van der Waals surface area contributed by atoms with Crippen LogP contribution in [0.3, 0.4) is 0 Å². The van der Waals surface area contributed by atoms with Gasteiger partial charge in [0.25, 0.3) is 0 Å². The summed E-state index contributed by atoms with van der Waals surface area (Å²) in [5.41, 5.74) is 0.829. The van der Waals surface area contributed by atoms with Crippen molar-refractivity contribution in [2.24, 2.45) is 0 Å². The third kappa shape index (κ3) is 4.00. The molecule has 0 aliphatic heterocycles. The molecule has 0 fully saturated rings. The number of benzene rings is 1. The lowest BCUT2D eigenvalue weighted by Crippen LogP contribution is -2.17. The second kappa shape index (κ2) is 6.57. The Balaban J connectivity index is 2.40. The summed E-state index contributed by atoms with van der Waals surface area (Å²) in [6, 6.07) is 7.04. The van der Waals surface area contributed by atoms with E-state index < -0.39 is 0 Å². The molecular formula is C13H20FN. The Labute approximate surface area is 91.7 Å². The van der Waals surface area contributed by atoms with Gasteiger partial charge in [-0.1, -0.05) is 32.0 Å². The number of hydrogen-bond acceptors (Lipinski definition) is 1. The standard InChI is InChI=1S/C13H20FN/c1-3-9-15-10-8-11(2)12-6-4-5-7-13(12)14/h4-7,11,15H,3,8-10H2,1-2H3. The van der Waals surface area contributed by atoms with E-state index in [0.29, 0.717) is 0 Å². The highest BCUT2D eigenvalue weighted by Crippen LogP contribution is 2.20. The second-order valence-corrected chi connectivity index (χ2v) is 3.96. The molecule has 0 spiro atoms. The van der Waals surface area contributed by atoms with Crippen molar-refractivity contribution in [3.05, 3.63) is 35.6 Å². The van der Waals surface area contributed by atoms with Crippen molar-refractivity contribution in [1.82, 2.24) is 5.32 Å². The van der Waals surface area contributed by atoms with Crippen molar-refractivity contribution in [3.63, 3.8) is 0 Å². The van der Waals surface area contributed by atoms with E-state index >= 15 is 0 Å². The molecule has 0 saturated carbocycles. The normalized spacial score (nSPS) is 12.7. The lowest BCUT2D eigenvalue weighted by Gasteiger charge is -2.12. The van der Waals surface area contributed by atoms with Crippen LogP contribution in [0.1, 0.15) is 38.2 Å². The molecular weight excluding hydrogens is 189 g/mol. The molecule has 0 heterocycles. The monoisotopic (exact) mass is 209 g/mol. The van der Waals surface area contributed by atoms with Gasteiger partial charge in [0.2, 0.25) is 0 Å². The molecule has 1 atom stereocenters. The van der Waals surface area contributed by atoms with E-state index in [2.05, 4.69) is 19.2 Å². The van der Waals surface area contributed by atoms with E-state index in [4.69, 9.17) is 0 Å². The SMILES string of the molecule is CCCNCCC(C)c1ccccc1F. The Kier molecular flexibility index (Phi) is 5.33. The van der Waals surface area contributed by atoms with Crippen LogP contribution in [-0.4, -0.2) is 13.1 Å². The second-order valence-electron chi connectivity index (χ2n) is 3.96. The van der Waals surface area contributed by atoms with E-state index in [1.807, 2.05) is 12.1 Å². The first kappa shape index (κ1) is 12.2. The molecule has 84 valence electrons. The van der Waals surface area contributed by atoms with Crippen molar-refractivity contribution < 1.29 is 4.39 Å². The van der Waals surface area contributed by atoms with Crippen LogP contribution in [-0.2, 0) is 0 Å². The lowest BCUT2D eigenvalue weighted by molar-refractivity contribution is 0.551. The van der Waals surface area contributed by atoms with Crippen LogP contribution < -0.4 is 5.32 Å². The first-order valence-corrected chi connectivity index (χ1v) is 5.70. The van der Waals surface area contributed by atoms with Gasteiger partial charge in [-0.25, -0.2) is 4.39 Å². The van der Waals surface area contributed by atoms with Gasteiger partial charge in [0.1, 0.15) is 5.82 Å². The zero-order chi connectivity index (χ0) is 11.1. The summed E-state index contributed by atoms with van der Waals surface area (Å²) in [5, 5.41) is 3.33. The summed E-state index contributed by atoms with van der Waals surface area (Å²) in [6.07, 6.45) is 2.13. The smallest absolute Gasteiger partial charge is 0.126 e. The van der Waals surface area contributed by atoms with Crippen molar-refractivity contribution in [1.29, 1.82) is 0 Å². The molecule has 1 aromatic rings. The van der Waals surface area contributed by atoms with Crippen LogP contribution in [0.4, 0.5) is 4.39 Å². The Morgan fingerprint density at radius 3 is 2.67 bits per heavy atom. The fourth-order valence-electron chi connectivity index (χ4n) is 1.65. The Morgan fingerprint density at radius 1 is 1.27 bits per heavy atom. The van der Waals surface area contributed by atoms with Gasteiger partial charge >= 0.3 is 0 Å². The quantitative estimate of drug-likeness (QED) is 0.709. The molecule has 15 heavy (non-hydrogen) atoms. The molecule has 0 aliphatic rings. The van der Waals surface area contributed by atoms with Gasteiger partial charge in [-0.3, -0.25) is 0 Å². The van der Waals surface area contributed by atoms with E-state index in [1.165, 1.54) is 6.07 Å². The first-order chi connectivity index (χ1) is 7.25. The molecule has 1 nitrogen and oxygen atoms in total. The third-order valence-electron chi connectivity index (χ3n) is 2.62. The fourth-order valence-corrected chi connectivity index (χ4v) is 1.65. The minimum atomic E-state index is -0.0829. The largest absolute Gasteiger partial charge is 0.317 e. The highest BCUT2D eigenvalue weighted by molar-refractivity contribution is 5.20. The number of rotatable bonds is 6. The van der Waals surface area contributed by atoms with Gasteiger partial charge in [-0.05, 0) is 43.5 Å². The lowest BCUT2D eigenvalue weighted by atomic mass is 9.97. The molecule has 0 bridgehead atoms. The third-order valence-corrected chi connectivity index (χ3v) is 2.62. The molecule has 0 amide bonds. The van der Waals surface area contributed by atoms with Crippen LogP contribution >= 0.6 is 0 Å². The molecule has 1 unspecified atom stereocenters. The average Bonchev–Trinajstić information content (AvgIpc) is 2.25. The van der Waals surface area contributed by atoms with Crippen LogP contribution in [0, 0.1) is 5.82 Å². The zero-order valence-corrected chi connectivity index (χ0v) is 9.59. The molecule has 0 aliphatic carbocycles. The summed E-state index contributed by atoms with van der Waals surface area (Å²) in [5.74, 6) is 0.205. The molecule has 1 N–H and O–H groups in total. The number of hydrogen-bond donors (Lipinski definition) is 1. The van der Waals surface area contributed by atoms with Crippen LogP contribution in [0.15, 0.2) is 24.3 Å². The van der Waals surface area contributed by atoms with Crippen LogP contribution in [0.5, 0.6) is 0 Å². The van der Waals surface area contributed by atoms with Gasteiger partial charge in [0.15, 0.2) is 0 Å². The van der Waals surface area contributed by atoms with Crippen molar-refractivity contribution in [2.75, 3.05) is 13.1 Å². The zero-order valence-electron chi connectivity index (χ0n) is 9.59. The van der Waals surface area contributed by atoms with Gasteiger partial charge in [-0.15, -0.1) is 0 Å².